The van der Waals surface area contributed by atoms with Gasteiger partial charge in [-0.15, -0.1) is 10.2 Å². The highest BCUT2D eigenvalue weighted by Gasteiger charge is 2.80. The summed E-state index contributed by atoms with van der Waals surface area (Å²) in [7, 11) is 4.60. The minimum atomic E-state index is -1.06. The zero-order valence-corrected chi connectivity index (χ0v) is 22.4. The van der Waals surface area contributed by atoms with E-state index in [4.69, 9.17) is 4.74 Å². The molecule has 1 aromatic carbocycles. The van der Waals surface area contributed by atoms with E-state index in [1.54, 1.807) is 26.0 Å². The quantitative estimate of drug-likeness (QED) is 0.487. The van der Waals surface area contributed by atoms with Gasteiger partial charge in [-0.25, -0.2) is 8.78 Å². The van der Waals surface area contributed by atoms with Crippen LogP contribution in [0.4, 0.5) is 8.78 Å². The third-order valence-electron chi connectivity index (χ3n) is 8.77. The van der Waals surface area contributed by atoms with Gasteiger partial charge >= 0.3 is 5.97 Å². The van der Waals surface area contributed by atoms with E-state index in [1.165, 1.54) is 28.9 Å². The first-order valence-corrected chi connectivity index (χ1v) is 13.2. The number of rotatable bonds is 4. The van der Waals surface area contributed by atoms with Gasteiger partial charge in [-0.05, 0) is 36.8 Å². The number of aromatic hydroxyl groups is 1. The fraction of sp³-hybridized carbons (Fsp3) is 0.423. The van der Waals surface area contributed by atoms with Crippen molar-refractivity contribution in [3.63, 3.8) is 0 Å². The minimum Gasteiger partial charge on any atom is -0.502 e. The van der Waals surface area contributed by atoms with Crippen molar-refractivity contribution in [2.45, 2.75) is 37.8 Å². The minimum absolute atomic E-state index is 0.0106. The zero-order valence-electron chi connectivity index (χ0n) is 21.6. The van der Waals surface area contributed by atoms with Gasteiger partial charge in [-0.3, -0.25) is 24.1 Å². The number of pyridine rings is 1. The molecule has 0 radical (unpaired) electrons. The number of fused-ring (bicyclic) bond motifs is 3. The first-order valence-electron chi connectivity index (χ1n) is 12.4. The maximum atomic E-state index is 14.4. The third-order valence-corrected chi connectivity index (χ3v) is 9.91. The van der Waals surface area contributed by atoms with E-state index in [1.807, 2.05) is 0 Å². The van der Waals surface area contributed by atoms with Crippen molar-refractivity contribution in [3.8, 4) is 16.3 Å². The molecule has 0 bridgehead atoms. The van der Waals surface area contributed by atoms with Crippen LogP contribution in [0.15, 0.2) is 29.2 Å². The Morgan fingerprint density at radius 3 is 2.67 bits per heavy atom. The van der Waals surface area contributed by atoms with Crippen LogP contribution >= 0.6 is 11.3 Å². The van der Waals surface area contributed by atoms with Gasteiger partial charge in [0.25, 0.3) is 5.91 Å². The van der Waals surface area contributed by atoms with Gasteiger partial charge in [0.05, 0.1) is 12.7 Å². The molecule has 4 atom stereocenters. The molecule has 2 aliphatic carbocycles. The van der Waals surface area contributed by atoms with E-state index in [9.17, 15) is 28.3 Å². The van der Waals surface area contributed by atoms with Crippen molar-refractivity contribution >= 4 is 23.2 Å². The smallest absolute Gasteiger partial charge is 0.316 e. The number of hydrogen-bond donors (Lipinski definition) is 1. The standard InChI is InChI=1S/C26H25F2N5O5S/c1-12(15-6-5-14(27)9-17(15)28)21-29-30-22(39-21)16-11-33-18(20(35)19(16)34)23(36)31(2)26(32(33)3)8-7-13-10-25(13,26)24(37)38-4/h5-6,9,11-13,35H,7-8,10H2,1-4H3/t12?,13-,25+,26?/m1/s1. The molecule has 13 heteroatoms. The van der Waals surface area contributed by atoms with Gasteiger partial charge in [-0.2, -0.15) is 0 Å². The molecule has 1 aliphatic heterocycles. The summed E-state index contributed by atoms with van der Waals surface area (Å²) < 4.78 is 34.3. The lowest BCUT2D eigenvalue weighted by atomic mass is 9.86. The van der Waals surface area contributed by atoms with E-state index in [2.05, 4.69) is 10.2 Å². The predicted octanol–water partition coefficient (Wildman–Crippen LogP) is 2.83. The number of carbonyl (C=O) groups excluding carboxylic acids is 2. The largest absolute Gasteiger partial charge is 0.502 e. The molecular weight excluding hydrogens is 532 g/mol. The molecule has 2 saturated carbocycles. The number of amides is 1. The summed E-state index contributed by atoms with van der Waals surface area (Å²) in [6, 6.07) is 3.27. The monoisotopic (exact) mass is 557 g/mol. The molecular formula is C26H25F2N5O5S. The van der Waals surface area contributed by atoms with E-state index >= 15 is 0 Å². The van der Waals surface area contributed by atoms with Crippen LogP contribution in [0.2, 0.25) is 0 Å². The SMILES string of the molecule is COC(=O)[C@]12C[C@H]1CCC21N(C)C(=O)c2c(O)c(=O)c(-c3nnc(C(C)c4ccc(F)cc4F)s3)cn2N1C. The highest BCUT2D eigenvalue weighted by molar-refractivity contribution is 7.14. The van der Waals surface area contributed by atoms with Crippen LogP contribution in [0.5, 0.6) is 5.75 Å². The maximum absolute atomic E-state index is 14.4. The molecule has 1 N–H and O–H groups in total. The molecule has 1 amide bonds. The molecule has 2 fully saturated rings. The van der Waals surface area contributed by atoms with Gasteiger partial charge in [0, 0.05) is 32.3 Å². The number of halogens is 2. The Labute approximate surface area is 225 Å². The van der Waals surface area contributed by atoms with Crippen molar-refractivity contribution in [1.82, 2.24) is 19.8 Å². The summed E-state index contributed by atoms with van der Waals surface area (Å²) in [5.41, 5.74) is -2.82. The summed E-state index contributed by atoms with van der Waals surface area (Å²) in [5, 5.41) is 21.4. The number of methoxy groups -OCH3 is 1. The zero-order chi connectivity index (χ0) is 28.0. The number of carbonyl (C=O) groups is 2. The van der Waals surface area contributed by atoms with Crippen molar-refractivity contribution in [3.05, 3.63) is 62.5 Å². The van der Waals surface area contributed by atoms with Crippen LogP contribution in [0.1, 0.15) is 53.2 Å². The van der Waals surface area contributed by atoms with Crippen LogP contribution in [-0.4, -0.2) is 63.6 Å². The molecule has 2 aromatic heterocycles. The van der Waals surface area contributed by atoms with Crippen molar-refractivity contribution in [2.75, 3.05) is 26.2 Å². The average molecular weight is 558 g/mol. The van der Waals surface area contributed by atoms with E-state index in [0.29, 0.717) is 24.3 Å². The number of nitrogens with zero attached hydrogens (tertiary/aromatic N) is 5. The van der Waals surface area contributed by atoms with Gasteiger partial charge in [0.15, 0.2) is 16.5 Å². The molecule has 0 saturated heterocycles. The Balaban J connectivity index is 1.45. The molecule has 3 aliphatic rings. The fourth-order valence-corrected chi connectivity index (χ4v) is 7.60. The van der Waals surface area contributed by atoms with Gasteiger partial charge in [-0.1, -0.05) is 24.3 Å². The van der Waals surface area contributed by atoms with Crippen molar-refractivity contribution in [1.29, 1.82) is 0 Å². The van der Waals surface area contributed by atoms with Crippen LogP contribution in [0.3, 0.4) is 0 Å². The molecule has 3 heterocycles. The van der Waals surface area contributed by atoms with E-state index in [0.717, 1.165) is 23.5 Å². The maximum Gasteiger partial charge on any atom is 0.316 e. The number of hydrogen-bond acceptors (Lipinski definition) is 9. The average Bonchev–Trinajstić information content (AvgIpc) is 3.28. The molecule has 6 rings (SSSR count). The van der Waals surface area contributed by atoms with Crippen LogP contribution in [0.25, 0.3) is 10.6 Å². The first kappa shape index (κ1) is 25.4. The van der Waals surface area contributed by atoms with E-state index in [-0.39, 0.29) is 27.7 Å². The molecule has 39 heavy (non-hydrogen) atoms. The normalized spacial score (nSPS) is 26.0. The predicted molar refractivity (Wildman–Crippen MR) is 136 cm³/mol. The Kier molecular flexibility index (Phi) is 5.42. The Hall–Kier alpha value is -3.87. The van der Waals surface area contributed by atoms with Crippen LogP contribution in [0, 0.1) is 23.0 Å². The van der Waals surface area contributed by atoms with Crippen molar-refractivity contribution < 1.29 is 28.2 Å². The van der Waals surface area contributed by atoms with Gasteiger partial charge < -0.3 is 14.7 Å². The number of aromatic nitrogens is 3. The molecule has 3 aromatic rings. The highest BCUT2D eigenvalue weighted by Crippen LogP contribution is 2.71. The molecule has 204 valence electrons. The highest BCUT2D eigenvalue weighted by atomic mass is 32.1. The summed E-state index contributed by atoms with van der Waals surface area (Å²) in [6.45, 7) is 1.68. The molecule has 10 nitrogen and oxygen atoms in total. The van der Waals surface area contributed by atoms with E-state index < -0.39 is 51.7 Å². The van der Waals surface area contributed by atoms with Gasteiger partial charge in [0.1, 0.15) is 27.7 Å². The third kappa shape index (κ3) is 3.13. The second kappa shape index (κ2) is 8.31. The molecule has 1 spiro atoms. The number of benzene rings is 1. The first-order chi connectivity index (χ1) is 18.5. The Morgan fingerprint density at radius 1 is 1.26 bits per heavy atom. The van der Waals surface area contributed by atoms with Gasteiger partial charge in [0.2, 0.25) is 5.43 Å². The Bertz CT molecular complexity index is 1620. The van der Waals surface area contributed by atoms with Crippen LogP contribution in [-0.2, 0) is 9.53 Å². The summed E-state index contributed by atoms with van der Waals surface area (Å²) in [5.74, 6) is -3.71. The topological polar surface area (TPSA) is 118 Å². The fourth-order valence-electron chi connectivity index (χ4n) is 6.68. The van der Waals surface area contributed by atoms with Crippen molar-refractivity contribution in [2.24, 2.45) is 11.3 Å². The lowest BCUT2D eigenvalue weighted by Gasteiger charge is -2.55. The second-order valence-electron chi connectivity index (χ2n) is 10.4. The number of ether oxygens (including phenoxy) is 1. The lowest BCUT2D eigenvalue weighted by Crippen LogP contribution is -2.72. The number of esters is 1. The summed E-state index contributed by atoms with van der Waals surface area (Å²) in [6.07, 6.45) is 3.19. The molecule has 2 unspecified atom stereocenters. The lowest BCUT2D eigenvalue weighted by molar-refractivity contribution is -0.153. The van der Waals surface area contributed by atoms with Crippen LogP contribution < -0.4 is 10.4 Å². The Morgan fingerprint density at radius 2 is 2.00 bits per heavy atom. The second-order valence-corrected chi connectivity index (χ2v) is 11.4. The summed E-state index contributed by atoms with van der Waals surface area (Å²) in [4.78, 5) is 41.3. The summed E-state index contributed by atoms with van der Waals surface area (Å²) >= 11 is 1.02.